The van der Waals surface area contributed by atoms with E-state index in [2.05, 4.69) is 0 Å². The average molecular weight is 235 g/mol. The maximum atomic E-state index is 12.6. The molecule has 0 heterocycles. The molecular formula is C9H8ClFO2S. The van der Waals surface area contributed by atoms with Gasteiger partial charge in [-0.2, -0.15) is 0 Å². The van der Waals surface area contributed by atoms with Crippen molar-refractivity contribution in [1.82, 2.24) is 0 Å². The van der Waals surface area contributed by atoms with Gasteiger partial charge in [-0.15, -0.1) is 0 Å². The summed E-state index contributed by atoms with van der Waals surface area (Å²) in [7, 11) is 1.75. The highest BCUT2D eigenvalue weighted by molar-refractivity contribution is 8.14. The van der Waals surface area contributed by atoms with Gasteiger partial charge in [0.2, 0.25) is 9.05 Å². The van der Waals surface area contributed by atoms with E-state index in [1.165, 1.54) is 12.1 Å². The maximum absolute atomic E-state index is 12.6. The minimum atomic E-state index is -3.46. The van der Waals surface area contributed by atoms with Gasteiger partial charge in [-0.25, -0.2) is 12.8 Å². The molecule has 1 fully saturated rings. The summed E-state index contributed by atoms with van der Waals surface area (Å²) < 4.78 is 34.4. The Morgan fingerprint density at radius 1 is 1.29 bits per heavy atom. The lowest BCUT2D eigenvalue weighted by Crippen LogP contribution is -1.99. The van der Waals surface area contributed by atoms with Crippen molar-refractivity contribution in [3.8, 4) is 0 Å². The highest BCUT2D eigenvalue weighted by Crippen LogP contribution is 2.47. The van der Waals surface area contributed by atoms with Crippen LogP contribution in [0.2, 0.25) is 0 Å². The van der Waals surface area contributed by atoms with E-state index in [1.807, 2.05) is 0 Å². The number of hydrogen-bond donors (Lipinski definition) is 0. The Labute approximate surface area is 86.1 Å². The monoisotopic (exact) mass is 234 g/mol. The molecule has 2 rings (SSSR count). The van der Waals surface area contributed by atoms with Crippen molar-refractivity contribution in [2.75, 3.05) is 0 Å². The van der Waals surface area contributed by atoms with Gasteiger partial charge in [-0.05, 0) is 24.1 Å². The average Bonchev–Trinajstić information content (AvgIpc) is 2.83. The molecule has 1 saturated carbocycles. The molecule has 0 bridgehead atoms. The van der Waals surface area contributed by atoms with Crippen molar-refractivity contribution >= 4 is 19.7 Å². The number of benzene rings is 1. The summed E-state index contributed by atoms with van der Waals surface area (Å²) >= 11 is 0. The smallest absolute Gasteiger partial charge is 0.212 e. The first-order valence-corrected chi connectivity index (χ1v) is 6.54. The Morgan fingerprint density at radius 2 is 1.86 bits per heavy atom. The van der Waals surface area contributed by atoms with Crippen LogP contribution >= 0.6 is 10.7 Å². The van der Waals surface area contributed by atoms with E-state index in [4.69, 9.17) is 10.7 Å². The van der Waals surface area contributed by atoms with E-state index in [0.29, 0.717) is 6.42 Å². The standard InChI is InChI=1S/C9H8ClFO2S/c10-14(12,13)9-5-8(9)6-1-3-7(11)4-2-6/h1-4,8-9H,5H2/t8-,9-/m1/s1. The van der Waals surface area contributed by atoms with Crippen molar-refractivity contribution in [3.63, 3.8) is 0 Å². The van der Waals surface area contributed by atoms with Crippen LogP contribution in [0.25, 0.3) is 0 Å². The predicted molar refractivity (Wildman–Crippen MR) is 52.3 cm³/mol. The van der Waals surface area contributed by atoms with Crippen molar-refractivity contribution < 1.29 is 12.8 Å². The maximum Gasteiger partial charge on any atom is 0.236 e. The molecule has 14 heavy (non-hydrogen) atoms. The van der Waals surface area contributed by atoms with Crippen LogP contribution in [0.15, 0.2) is 24.3 Å². The molecule has 0 N–H and O–H groups in total. The van der Waals surface area contributed by atoms with Crippen LogP contribution in [0, 0.1) is 5.82 Å². The molecule has 1 aromatic rings. The van der Waals surface area contributed by atoms with Gasteiger partial charge in [0.1, 0.15) is 5.82 Å². The summed E-state index contributed by atoms with van der Waals surface area (Å²) in [5.74, 6) is -0.377. The van der Waals surface area contributed by atoms with Gasteiger partial charge in [-0.3, -0.25) is 0 Å². The second-order valence-electron chi connectivity index (χ2n) is 3.41. The van der Waals surface area contributed by atoms with Gasteiger partial charge in [0.05, 0.1) is 5.25 Å². The molecule has 1 aliphatic rings. The first-order chi connectivity index (χ1) is 6.48. The Kier molecular flexibility index (Phi) is 2.27. The van der Waals surface area contributed by atoms with Crippen molar-refractivity contribution in [3.05, 3.63) is 35.6 Å². The van der Waals surface area contributed by atoms with E-state index in [9.17, 15) is 12.8 Å². The largest absolute Gasteiger partial charge is 0.236 e. The van der Waals surface area contributed by atoms with Crippen LogP contribution in [-0.2, 0) is 9.05 Å². The third kappa shape index (κ3) is 1.91. The van der Waals surface area contributed by atoms with Crippen molar-refractivity contribution in [1.29, 1.82) is 0 Å². The SMILES string of the molecule is O=S(=O)(Cl)[C@@H]1C[C@@H]1c1ccc(F)cc1. The number of rotatable bonds is 2. The molecule has 2 nitrogen and oxygen atoms in total. The quantitative estimate of drug-likeness (QED) is 0.736. The van der Waals surface area contributed by atoms with Gasteiger partial charge in [0.15, 0.2) is 0 Å². The molecule has 5 heteroatoms. The third-order valence-electron chi connectivity index (χ3n) is 2.39. The summed E-state index contributed by atoms with van der Waals surface area (Å²) in [4.78, 5) is 0. The Hall–Kier alpha value is -0.610. The summed E-state index contributed by atoms with van der Waals surface area (Å²) in [6.07, 6.45) is 0.539. The van der Waals surface area contributed by atoms with Gasteiger partial charge in [0.25, 0.3) is 0 Å². The van der Waals surface area contributed by atoms with E-state index in [-0.39, 0.29) is 11.7 Å². The Bertz CT molecular complexity index is 440. The van der Waals surface area contributed by atoms with E-state index in [1.54, 1.807) is 12.1 Å². The normalized spacial score (nSPS) is 26.1. The van der Waals surface area contributed by atoms with Crippen LogP contribution in [0.4, 0.5) is 4.39 Å². The van der Waals surface area contributed by atoms with Gasteiger partial charge >= 0.3 is 0 Å². The van der Waals surface area contributed by atoms with E-state index in [0.717, 1.165) is 5.56 Å². The van der Waals surface area contributed by atoms with Gasteiger partial charge < -0.3 is 0 Å². The second-order valence-corrected chi connectivity index (χ2v) is 6.25. The molecule has 1 aliphatic carbocycles. The fraction of sp³-hybridized carbons (Fsp3) is 0.333. The topological polar surface area (TPSA) is 34.1 Å². The lowest BCUT2D eigenvalue weighted by atomic mass is 10.1. The molecule has 0 saturated heterocycles. The van der Waals surface area contributed by atoms with Crippen LogP contribution in [0.5, 0.6) is 0 Å². The highest BCUT2D eigenvalue weighted by Gasteiger charge is 2.47. The number of halogens is 2. The molecule has 0 unspecified atom stereocenters. The van der Waals surface area contributed by atoms with Crippen molar-refractivity contribution in [2.45, 2.75) is 17.6 Å². The minimum absolute atomic E-state index is 0.0573. The summed E-state index contributed by atoms with van der Waals surface area (Å²) in [6.45, 7) is 0. The fourth-order valence-electron chi connectivity index (χ4n) is 1.54. The lowest BCUT2D eigenvalue weighted by molar-refractivity contribution is 0.607. The molecule has 0 aliphatic heterocycles. The fourth-order valence-corrected chi connectivity index (χ4v) is 3.12. The molecule has 1 aromatic carbocycles. The molecule has 0 radical (unpaired) electrons. The molecule has 0 aromatic heterocycles. The van der Waals surface area contributed by atoms with E-state index < -0.39 is 14.3 Å². The van der Waals surface area contributed by atoms with Gasteiger partial charge in [-0.1, -0.05) is 12.1 Å². The van der Waals surface area contributed by atoms with Crippen LogP contribution < -0.4 is 0 Å². The Balaban J connectivity index is 2.18. The summed E-state index contributed by atoms with van der Waals surface area (Å²) in [5.41, 5.74) is 0.834. The predicted octanol–water partition coefficient (Wildman–Crippen LogP) is 2.25. The zero-order valence-corrected chi connectivity index (χ0v) is 8.72. The summed E-state index contributed by atoms with van der Waals surface area (Å²) in [5, 5.41) is -0.491. The first-order valence-electron chi connectivity index (χ1n) is 4.17. The van der Waals surface area contributed by atoms with Crippen molar-refractivity contribution in [2.24, 2.45) is 0 Å². The second kappa shape index (κ2) is 3.21. The van der Waals surface area contributed by atoms with Crippen LogP contribution in [0.1, 0.15) is 17.9 Å². The first kappa shape index (κ1) is 9.93. The molecule has 0 amide bonds. The van der Waals surface area contributed by atoms with Gasteiger partial charge in [0, 0.05) is 16.6 Å². The molecule has 76 valence electrons. The minimum Gasteiger partial charge on any atom is -0.212 e. The number of hydrogen-bond acceptors (Lipinski definition) is 2. The van der Waals surface area contributed by atoms with Crippen LogP contribution in [0.3, 0.4) is 0 Å². The van der Waals surface area contributed by atoms with E-state index >= 15 is 0 Å². The molecule has 2 atom stereocenters. The molecule has 0 spiro atoms. The molecular weight excluding hydrogens is 227 g/mol. The summed E-state index contributed by atoms with van der Waals surface area (Å²) in [6, 6.07) is 5.85. The lowest BCUT2D eigenvalue weighted by Gasteiger charge is -1.97. The van der Waals surface area contributed by atoms with Crippen LogP contribution in [-0.4, -0.2) is 13.7 Å². The zero-order valence-electron chi connectivity index (χ0n) is 7.15. The zero-order chi connectivity index (χ0) is 10.3. The third-order valence-corrected chi connectivity index (χ3v) is 4.32. The Morgan fingerprint density at radius 3 is 2.29 bits per heavy atom. The highest BCUT2D eigenvalue weighted by atomic mass is 35.7.